The van der Waals surface area contributed by atoms with Crippen molar-refractivity contribution in [2.75, 3.05) is 20.1 Å². The topological polar surface area (TPSA) is 86.7 Å². The number of thiophene rings is 1. The molecule has 0 radical (unpaired) electrons. The fourth-order valence-corrected chi connectivity index (χ4v) is 4.91. The fourth-order valence-electron chi connectivity index (χ4n) is 2.36. The predicted octanol–water partition coefficient (Wildman–Crippen LogP) is 1.06. The molecule has 1 aromatic rings. The number of nitrogens with one attached hydrogen (secondary N) is 1. The summed E-state index contributed by atoms with van der Waals surface area (Å²) < 4.78 is 27.3. The van der Waals surface area contributed by atoms with Crippen molar-refractivity contribution in [3.8, 4) is 0 Å². The van der Waals surface area contributed by atoms with Gasteiger partial charge in [-0.05, 0) is 32.0 Å². The number of sulfonamides is 1. The van der Waals surface area contributed by atoms with Crippen LogP contribution >= 0.6 is 11.3 Å². The maximum absolute atomic E-state index is 12.3. The standard InChI is InChI=1S/C12H18N2O4S2/c1-8-6-14(2)4-3-10(8)13-20(17,18)11-5-9(7-19-11)12(15)16/h5,7-8,10,13H,3-4,6H2,1-2H3,(H,15,16). The van der Waals surface area contributed by atoms with Crippen LogP contribution < -0.4 is 4.72 Å². The smallest absolute Gasteiger partial charge is 0.336 e. The minimum atomic E-state index is -3.64. The summed E-state index contributed by atoms with van der Waals surface area (Å²) in [7, 11) is -1.62. The lowest BCUT2D eigenvalue weighted by atomic mass is 9.95. The molecule has 1 aromatic heterocycles. The Kier molecular flexibility index (Phi) is 4.48. The number of carbonyl (C=O) groups is 1. The third-order valence-corrected chi connectivity index (χ3v) is 6.43. The van der Waals surface area contributed by atoms with Gasteiger partial charge in [-0.15, -0.1) is 11.3 Å². The third-order valence-electron chi connectivity index (χ3n) is 3.50. The molecule has 2 N–H and O–H groups in total. The highest BCUT2D eigenvalue weighted by Crippen LogP contribution is 2.23. The molecule has 0 amide bonds. The fraction of sp³-hybridized carbons (Fsp3) is 0.583. The first kappa shape index (κ1) is 15.4. The summed E-state index contributed by atoms with van der Waals surface area (Å²) in [6.07, 6.45) is 0.758. The van der Waals surface area contributed by atoms with Crippen LogP contribution in [0.15, 0.2) is 15.7 Å². The van der Waals surface area contributed by atoms with Gasteiger partial charge in [0.15, 0.2) is 0 Å². The Morgan fingerprint density at radius 2 is 2.25 bits per heavy atom. The zero-order valence-corrected chi connectivity index (χ0v) is 13.0. The molecular formula is C12H18N2O4S2. The van der Waals surface area contributed by atoms with Gasteiger partial charge in [0.1, 0.15) is 4.21 Å². The molecule has 6 nitrogen and oxygen atoms in total. The number of piperidine rings is 1. The molecule has 2 unspecified atom stereocenters. The van der Waals surface area contributed by atoms with Crippen LogP contribution in [0, 0.1) is 5.92 Å². The highest BCUT2D eigenvalue weighted by Gasteiger charge is 2.29. The van der Waals surface area contributed by atoms with Crippen molar-refractivity contribution < 1.29 is 18.3 Å². The average molecular weight is 318 g/mol. The van der Waals surface area contributed by atoms with Crippen LogP contribution in [0.4, 0.5) is 0 Å². The van der Waals surface area contributed by atoms with Crippen molar-refractivity contribution in [1.29, 1.82) is 0 Å². The summed E-state index contributed by atoms with van der Waals surface area (Å²) in [6, 6.07) is 1.10. The Morgan fingerprint density at radius 3 is 2.80 bits per heavy atom. The minimum Gasteiger partial charge on any atom is -0.478 e. The van der Waals surface area contributed by atoms with Crippen molar-refractivity contribution in [1.82, 2.24) is 9.62 Å². The third kappa shape index (κ3) is 3.38. The molecule has 8 heteroatoms. The molecule has 0 saturated carbocycles. The first-order valence-corrected chi connectivity index (χ1v) is 8.68. The number of hydrogen-bond donors (Lipinski definition) is 2. The first-order chi connectivity index (χ1) is 9.29. The molecule has 0 aliphatic carbocycles. The van der Waals surface area contributed by atoms with E-state index in [1.165, 1.54) is 11.4 Å². The highest BCUT2D eigenvalue weighted by atomic mass is 32.2. The van der Waals surface area contributed by atoms with E-state index >= 15 is 0 Å². The van der Waals surface area contributed by atoms with E-state index < -0.39 is 16.0 Å². The maximum atomic E-state index is 12.3. The highest BCUT2D eigenvalue weighted by molar-refractivity contribution is 7.91. The summed E-state index contributed by atoms with van der Waals surface area (Å²) in [5.74, 6) is -0.891. The Morgan fingerprint density at radius 1 is 1.55 bits per heavy atom. The SMILES string of the molecule is CC1CN(C)CCC1NS(=O)(=O)c1cc(C(=O)O)cs1. The lowest BCUT2D eigenvalue weighted by Gasteiger charge is -2.34. The molecule has 1 fully saturated rings. The van der Waals surface area contributed by atoms with E-state index in [1.54, 1.807) is 0 Å². The van der Waals surface area contributed by atoms with Gasteiger partial charge in [0.05, 0.1) is 5.56 Å². The summed E-state index contributed by atoms with van der Waals surface area (Å²) >= 11 is 0.933. The van der Waals surface area contributed by atoms with Crippen LogP contribution in [0.25, 0.3) is 0 Å². The molecule has 0 bridgehead atoms. The van der Waals surface area contributed by atoms with Crippen LogP contribution in [0.1, 0.15) is 23.7 Å². The number of likely N-dealkylation sites (tertiary alicyclic amines) is 1. The van der Waals surface area contributed by atoms with Crippen LogP contribution in [0.3, 0.4) is 0 Å². The molecule has 1 saturated heterocycles. The Labute approximate surface area is 122 Å². The molecule has 2 rings (SSSR count). The van der Waals surface area contributed by atoms with Crippen molar-refractivity contribution in [2.45, 2.75) is 23.6 Å². The zero-order valence-electron chi connectivity index (χ0n) is 11.4. The number of hydrogen-bond acceptors (Lipinski definition) is 5. The van der Waals surface area contributed by atoms with Crippen molar-refractivity contribution in [2.24, 2.45) is 5.92 Å². The number of carboxylic acid groups (broad SMARTS) is 1. The monoisotopic (exact) mass is 318 g/mol. The van der Waals surface area contributed by atoms with Gasteiger partial charge >= 0.3 is 5.97 Å². The van der Waals surface area contributed by atoms with Gasteiger partial charge in [0, 0.05) is 18.0 Å². The molecule has 0 spiro atoms. The second-order valence-corrected chi connectivity index (χ2v) is 8.07. The second kappa shape index (κ2) is 5.80. The normalized spacial score (nSPS) is 24.7. The van der Waals surface area contributed by atoms with Crippen LogP contribution in [-0.4, -0.2) is 50.6 Å². The van der Waals surface area contributed by atoms with Crippen molar-refractivity contribution in [3.05, 3.63) is 17.0 Å². The molecule has 1 aliphatic heterocycles. The van der Waals surface area contributed by atoms with E-state index in [0.717, 1.165) is 30.8 Å². The predicted molar refractivity (Wildman–Crippen MR) is 76.7 cm³/mol. The van der Waals surface area contributed by atoms with Gasteiger partial charge in [-0.25, -0.2) is 17.9 Å². The van der Waals surface area contributed by atoms with Crippen molar-refractivity contribution in [3.63, 3.8) is 0 Å². The lowest BCUT2D eigenvalue weighted by molar-refractivity contribution is 0.0697. The van der Waals surface area contributed by atoms with Crippen molar-refractivity contribution >= 4 is 27.3 Å². The van der Waals surface area contributed by atoms with Gasteiger partial charge in [-0.3, -0.25) is 0 Å². The first-order valence-electron chi connectivity index (χ1n) is 6.32. The Hall–Kier alpha value is -0.960. The minimum absolute atomic E-state index is 0.00630. The molecular weight excluding hydrogens is 300 g/mol. The molecule has 0 aromatic carbocycles. The van der Waals surface area contributed by atoms with Gasteiger partial charge in [0.25, 0.3) is 0 Å². The van der Waals surface area contributed by atoms with Crippen LogP contribution in [0.2, 0.25) is 0 Å². The lowest BCUT2D eigenvalue weighted by Crippen LogP contribution is -2.48. The number of rotatable bonds is 4. The number of nitrogens with zero attached hydrogens (tertiary/aromatic N) is 1. The summed E-state index contributed by atoms with van der Waals surface area (Å²) in [4.78, 5) is 13.0. The van der Waals surface area contributed by atoms with Crippen LogP contribution in [0.5, 0.6) is 0 Å². The quantitative estimate of drug-likeness (QED) is 0.867. The van der Waals surface area contributed by atoms with Gasteiger partial charge < -0.3 is 10.0 Å². The molecule has 2 heterocycles. The van der Waals surface area contributed by atoms with Crippen LogP contribution in [-0.2, 0) is 10.0 Å². The zero-order chi connectivity index (χ0) is 14.9. The van der Waals surface area contributed by atoms with E-state index in [4.69, 9.17) is 5.11 Å². The maximum Gasteiger partial charge on any atom is 0.336 e. The summed E-state index contributed by atoms with van der Waals surface area (Å²) in [5.41, 5.74) is 0.00630. The summed E-state index contributed by atoms with van der Waals surface area (Å²) in [6.45, 7) is 3.71. The van der Waals surface area contributed by atoms with Gasteiger partial charge in [-0.2, -0.15) is 0 Å². The molecule has 112 valence electrons. The second-order valence-electron chi connectivity index (χ2n) is 5.22. The van der Waals surface area contributed by atoms with E-state index in [2.05, 4.69) is 9.62 Å². The van der Waals surface area contributed by atoms with Gasteiger partial charge in [-0.1, -0.05) is 6.92 Å². The van der Waals surface area contributed by atoms with Gasteiger partial charge in [0.2, 0.25) is 10.0 Å². The number of aromatic carboxylic acids is 1. The largest absolute Gasteiger partial charge is 0.478 e. The molecule has 1 aliphatic rings. The number of carboxylic acids is 1. The average Bonchev–Trinajstić information content (AvgIpc) is 2.83. The molecule has 20 heavy (non-hydrogen) atoms. The molecule has 2 atom stereocenters. The van der Waals surface area contributed by atoms with E-state index in [9.17, 15) is 13.2 Å². The van der Waals surface area contributed by atoms with E-state index in [-0.39, 0.29) is 21.7 Å². The summed E-state index contributed by atoms with van der Waals surface area (Å²) in [5, 5.41) is 10.2. The Bertz CT molecular complexity index is 596. The van der Waals surface area contributed by atoms with E-state index in [0.29, 0.717) is 0 Å². The van der Waals surface area contributed by atoms with E-state index in [1.807, 2.05) is 14.0 Å². The Balaban J connectivity index is 2.12.